The summed E-state index contributed by atoms with van der Waals surface area (Å²) in [6, 6.07) is 11.1. The fourth-order valence-electron chi connectivity index (χ4n) is 1.80. The van der Waals surface area contributed by atoms with Crippen molar-refractivity contribution in [1.29, 1.82) is 0 Å². The van der Waals surface area contributed by atoms with E-state index in [-0.39, 0.29) is 22.1 Å². The minimum Gasteiger partial charge on any atom is -0.457 e. The highest BCUT2D eigenvalue weighted by Gasteiger charge is 2.23. The second-order valence-corrected chi connectivity index (χ2v) is 7.57. The number of rotatable bonds is 6. The molecular weight excluding hydrogens is 346 g/mol. The topological polar surface area (TPSA) is 134 Å². The first-order chi connectivity index (χ1) is 10.7. The molecule has 0 aromatic heterocycles. The molecule has 0 spiro atoms. The second kappa shape index (κ2) is 6.84. The molecule has 0 radical (unpaired) electrons. The molecule has 0 amide bonds. The van der Waals surface area contributed by atoms with Crippen LogP contribution in [0.4, 0.5) is 0 Å². The Bertz CT molecular complexity index is 714. The molecule has 0 saturated heterocycles. The van der Waals surface area contributed by atoms with Gasteiger partial charge in [0, 0.05) is 0 Å². The Morgan fingerprint density at radius 3 is 1.39 bits per heavy atom. The van der Waals surface area contributed by atoms with E-state index < -0.39 is 22.0 Å². The van der Waals surface area contributed by atoms with Crippen molar-refractivity contribution < 1.29 is 38.2 Å². The maximum Gasteiger partial charge on any atom is 0.359 e. The summed E-state index contributed by atoms with van der Waals surface area (Å²) in [5.41, 5.74) is 0. The molecule has 0 bridgehead atoms. The van der Waals surface area contributed by atoms with Crippen molar-refractivity contribution in [2.75, 3.05) is 6.79 Å². The van der Waals surface area contributed by atoms with Crippen molar-refractivity contribution in [1.82, 2.24) is 0 Å². The Morgan fingerprint density at radius 1 is 0.696 bits per heavy atom. The third kappa shape index (κ3) is 4.65. The van der Waals surface area contributed by atoms with Crippen LogP contribution >= 0.6 is 15.2 Å². The largest absolute Gasteiger partial charge is 0.457 e. The van der Waals surface area contributed by atoms with Gasteiger partial charge in [-0.1, -0.05) is 24.3 Å². The molecule has 0 atom stereocenters. The van der Waals surface area contributed by atoms with E-state index in [0.29, 0.717) is 0 Å². The Morgan fingerprint density at radius 2 is 1.04 bits per heavy atom. The standard InChI is InChI=1S/C13H14O8P2/c14-22(15,16)12-7-3-1-5-10(12)20-9-21-11-6-2-4-8-13(11)23(17,18)19/h1-8H,9H2,(H2,14,15,16)(H2,17,18,19). The van der Waals surface area contributed by atoms with Gasteiger partial charge in [-0.3, -0.25) is 9.13 Å². The van der Waals surface area contributed by atoms with Gasteiger partial charge in [0.15, 0.2) is 0 Å². The fraction of sp³-hybridized carbons (Fsp3) is 0.0769. The lowest BCUT2D eigenvalue weighted by atomic mass is 10.3. The molecule has 0 aliphatic heterocycles. The van der Waals surface area contributed by atoms with Crippen LogP contribution in [0.5, 0.6) is 11.5 Å². The van der Waals surface area contributed by atoms with Gasteiger partial charge in [0.25, 0.3) is 0 Å². The highest BCUT2D eigenvalue weighted by atomic mass is 31.2. The van der Waals surface area contributed by atoms with E-state index in [9.17, 15) is 28.7 Å². The maximum atomic E-state index is 11.3. The molecular formula is C13H14O8P2. The first-order valence-electron chi connectivity index (χ1n) is 6.25. The summed E-state index contributed by atoms with van der Waals surface area (Å²) in [6.45, 7) is -0.478. The minimum atomic E-state index is -4.51. The van der Waals surface area contributed by atoms with Crippen molar-refractivity contribution in [2.24, 2.45) is 0 Å². The van der Waals surface area contributed by atoms with Crippen LogP contribution in [0.2, 0.25) is 0 Å². The maximum absolute atomic E-state index is 11.3. The molecule has 0 aliphatic rings. The molecule has 0 fully saturated rings. The normalized spacial score (nSPS) is 12.0. The van der Waals surface area contributed by atoms with Crippen molar-refractivity contribution in [2.45, 2.75) is 0 Å². The molecule has 2 rings (SSSR count). The van der Waals surface area contributed by atoms with Crippen LogP contribution in [-0.2, 0) is 9.13 Å². The number of para-hydroxylation sites is 2. The average Bonchev–Trinajstić information content (AvgIpc) is 2.46. The molecule has 23 heavy (non-hydrogen) atoms. The molecule has 2 aromatic carbocycles. The van der Waals surface area contributed by atoms with Crippen molar-refractivity contribution >= 4 is 25.8 Å². The van der Waals surface area contributed by atoms with Crippen molar-refractivity contribution in [3.8, 4) is 11.5 Å². The number of hydrogen-bond acceptors (Lipinski definition) is 4. The van der Waals surface area contributed by atoms with Crippen LogP contribution in [0.15, 0.2) is 48.5 Å². The summed E-state index contributed by atoms with van der Waals surface area (Å²) in [6.07, 6.45) is 0. The van der Waals surface area contributed by atoms with Crippen LogP contribution in [-0.4, -0.2) is 26.4 Å². The molecule has 10 heteroatoms. The summed E-state index contributed by atoms with van der Waals surface area (Å²) < 4.78 is 33.0. The number of benzene rings is 2. The Labute approximate surface area is 131 Å². The highest BCUT2D eigenvalue weighted by Crippen LogP contribution is 2.38. The first-order valence-corrected chi connectivity index (χ1v) is 9.48. The van der Waals surface area contributed by atoms with E-state index in [4.69, 9.17) is 9.47 Å². The zero-order valence-electron chi connectivity index (χ0n) is 11.6. The van der Waals surface area contributed by atoms with Crippen LogP contribution in [0.1, 0.15) is 0 Å². The van der Waals surface area contributed by atoms with E-state index >= 15 is 0 Å². The third-order valence-electron chi connectivity index (χ3n) is 2.79. The molecule has 8 nitrogen and oxygen atoms in total. The summed E-state index contributed by atoms with van der Waals surface area (Å²) in [5.74, 6) is -0.149. The summed E-state index contributed by atoms with van der Waals surface area (Å²) in [5, 5.41) is -0.598. The third-order valence-corrected chi connectivity index (χ3v) is 4.78. The molecule has 124 valence electrons. The van der Waals surface area contributed by atoms with E-state index in [1.54, 1.807) is 0 Å². The Kier molecular flexibility index (Phi) is 5.26. The van der Waals surface area contributed by atoms with Gasteiger partial charge >= 0.3 is 15.2 Å². The predicted octanol–water partition coefficient (Wildman–Crippen LogP) is 0.708. The monoisotopic (exact) mass is 360 g/mol. The van der Waals surface area contributed by atoms with Crippen LogP contribution < -0.4 is 20.1 Å². The molecule has 0 unspecified atom stereocenters. The number of ether oxygens (including phenoxy) is 2. The van der Waals surface area contributed by atoms with Crippen molar-refractivity contribution in [3.05, 3.63) is 48.5 Å². The second-order valence-electron chi connectivity index (χ2n) is 4.43. The van der Waals surface area contributed by atoms with Gasteiger partial charge in [-0.15, -0.1) is 0 Å². The van der Waals surface area contributed by atoms with E-state index in [2.05, 4.69) is 0 Å². The van der Waals surface area contributed by atoms with Gasteiger partial charge in [-0.25, -0.2) is 0 Å². The molecule has 2 aromatic rings. The zero-order valence-corrected chi connectivity index (χ0v) is 13.4. The van der Waals surface area contributed by atoms with Gasteiger partial charge in [0.1, 0.15) is 22.1 Å². The minimum absolute atomic E-state index is 0.0745. The summed E-state index contributed by atoms with van der Waals surface area (Å²) in [7, 11) is -9.02. The fourth-order valence-corrected chi connectivity index (χ4v) is 3.21. The average molecular weight is 360 g/mol. The van der Waals surface area contributed by atoms with Gasteiger partial charge in [0.2, 0.25) is 6.79 Å². The molecule has 0 saturated carbocycles. The lowest BCUT2D eigenvalue weighted by Crippen LogP contribution is -2.16. The zero-order chi connectivity index (χ0) is 17.1. The molecule has 0 aliphatic carbocycles. The van der Waals surface area contributed by atoms with E-state index in [0.717, 1.165) is 0 Å². The van der Waals surface area contributed by atoms with Gasteiger partial charge in [-0.05, 0) is 24.3 Å². The SMILES string of the molecule is O=P(O)(O)c1ccccc1OCOc1ccccc1P(=O)(O)O. The van der Waals surface area contributed by atoms with Gasteiger partial charge in [0.05, 0.1) is 0 Å². The lowest BCUT2D eigenvalue weighted by Gasteiger charge is -2.15. The predicted molar refractivity (Wildman–Crippen MR) is 82.4 cm³/mol. The Balaban J connectivity index is 2.14. The highest BCUT2D eigenvalue weighted by molar-refractivity contribution is 7.60. The van der Waals surface area contributed by atoms with Crippen LogP contribution in [0.3, 0.4) is 0 Å². The smallest absolute Gasteiger partial charge is 0.359 e. The van der Waals surface area contributed by atoms with Gasteiger partial charge < -0.3 is 29.0 Å². The van der Waals surface area contributed by atoms with Crippen LogP contribution in [0.25, 0.3) is 0 Å². The Hall–Kier alpha value is -1.66. The molecule has 4 N–H and O–H groups in total. The lowest BCUT2D eigenvalue weighted by molar-refractivity contribution is 0.121. The molecule has 0 heterocycles. The summed E-state index contributed by atoms with van der Waals surface area (Å²) in [4.78, 5) is 36.9. The van der Waals surface area contributed by atoms with Crippen molar-refractivity contribution in [3.63, 3.8) is 0 Å². The van der Waals surface area contributed by atoms with E-state index in [1.807, 2.05) is 0 Å². The number of hydrogen-bond donors (Lipinski definition) is 4. The van der Waals surface area contributed by atoms with E-state index in [1.165, 1.54) is 48.5 Å². The van der Waals surface area contributed by atoms with Crippen LogP contribution in [0, 0.1) is 0 Å². The first kappa shape index (κ1) is 17.7. The summed E-state index contributed by atoms with van der Waals surface area (Å²) >= 11 is 0. The quantitative estimate of drug-likeness (QED) is 0.437. The van der Waals surface area contributed by atoms with Gasteiger partial charge in [-0.2, -0.15) is 0 Å².